The summed E-state index contributed by atoms with van der Waals surface area (Å²) in [4.78, 5) is 15.7. The number of thiazole rings is 1. The van der Waals surface area contributed by atoms with Crippen molar-refractivity contribution in [3.05, 3.63) is 16.6 Å². The summed E-state index contributed by atoms with van der Waals surface area (Å²) < 4.78 is 0. The SMILES string of the molecule is O=C1CCCCC(Cc2nccs2)C1. The molecule has 14 heavy (non-hydrogen) atoms. The van der Waals surface area contributed by atoms with Gasteiger partial charge in [-0.2, -0.15) is 0 Å². The van der Waals surface area contributed by atoms with E-state index in [0.29, 0.717) is 11.7 Å². The fourth-order valence-electron chi connectivity index (χ4n) is 2.06. The molecule has 0 aliphatic heterocycles. The van der Waals surface area contributed by atoms with Gasteiger partial charge in [-0.05, 0) is 18.8 Å². The van der Waals surface area contributed by atoms with Gasteiger partial charge in [-0.3, -0.25) is 4.79 Å². The van der Waals surface area contributed by atoms with Crippen LogP contribution in [0.25, 0.3) is 0 Å². The summed E-state index contributed by atoms with van der Waals surface area (Å²) in [7, 11) is 0. The molecule has 1 unspecified atom stereocenters. The Morgan fingerprint density at radius 2 is 2.43 bits per heavy atom. The first-order valence-corrected chi connectivity index (χ1v) is 6.12. The van der Waals surface area contributed by atoms with Gasteiger partial charge >= 0.3 is 0 Å². The molecule has 1 heterocycles. The highest BCUT2D eigenvalue weighted by Gasteiger charge is 2.18. The molecule has 1 aromatic heterocycles. The molecular weight excluding hydrogens is 194 g/mol. The van der Waals surface area contributed by atoms with Crippen molar-refractivity contribution in [2.75, 3.05) is 0 Å². The maximum absolute atomic E-state index is 11.4. The molecule has 1 atom stereocenters. The van der Waals surface area contributed by atoms with E-state index in [4.69, 9.17) is 0 Å². The van der Waals surface area contributed by atoms with Gasteiger partial charge in [0.2, 0.25) is 0 Å². The molecule has 1 aliphatic rings. The molecule has 0 spiro atoms. The molecule has 76 valence electrons. The first-order chi connectivity index (χ1) is 6.84. The summed E-state index contributed by atoms with van der Waals surface area (Å²) >= 11 is 1.70. The fraction of sp³-hybridized carbons (Fsp3) is 0.636. The number of rotatable bonds is 2. The minimum Gasteiger partial charge on any atom is -0.300 e. The van der Waals surface area contributed by atoms with Crippen molar-refractivity contribution < 1.29 is 4.79 Å². The van der Waals surface area contributed by atoms with Gasteiger partial charge in [0.1, 0.15) is 5.78 Å². The van der Waals surface area contributed by atoms with Crippen LogP contribution in [0.4, 0.5) is 0 Å². The summed E-state index contributed by atoms with van der Waals surface area (Å²) in [5.41, 5.74) is 0. The summed E-state index contributed by atoms with van der Waals surface area (Å²) in [5.74, 6) is 1.00. The average molecular weight is 209 g/mol. The highest BCUT2D eigenvalue weighted by Crippen LogP contribution is 2.24. The van der Waals surface area contributed by atoms with E-state index in [1.54, 1.807) is 11.3 Å². The van der Waals surface area contributed by atoms with Crippen LogP contribution in [-0.2, 0) is 11.2 Å². The van der Waals surface area contributed by atoms with Gasteiger partial charge in [0.05, 0.1) is 5.01 Å². The molecule has 2 rings (SSSR count). The van der Waals surface area contributed by atoms with Gasteiger partial charge in [0.25, 0.3) is 0 Å². The van der Waals surface area contributed by atoms with E-state index < -0.39 is 0 Å². The van der Waals surface area contributed by atoms with E-state index in [1.165, 1.54) is 17.8 Å². The van der Waals surface area contributed by atoms with Gasteiger partial charge in [-0.25, -0.2) is 4.98 Å². The fourth-order valence-corrected chi connectivity index (χ4v) is 2.79. The Labute approximate surface area is 88.4 Å². The lowest BCUT2D eigenvalue weighted by atomic mass is 9.97. The molecule has 1 saturated carbocycles. The van der Waals surface area contributed by atoms with Crippen LogP contribution in [0, 0.1) is 5.92 Å². The van der Waals surface area contributed by atoms with Crippen molar-refractivity contribution in [2.45, 2.75) is 38.5 Å². The zero-order chi connectivity index (χ0) is 9.80. The first kappa shape index (κ1) is 9.84. The van der Waals surface area contributed by atoms with Gasteiger partial charge in [0.15, 0.2) is 0 Å². The van der Waals surface area contributed by atoms with E-state index in [9.17, 15) is 4.79 Å². The van der Waals surface area contributed by atoms with Crippen molar-refractivity contribution in [2.24, 2.45) is 5.92 Å². The first-order valence-electron chi connectivity index (χ1n) is 5.24. The smallest absolute Gasteiger partial charge is 0.133 e. The van der Waals surface area contributed by atoms with Crippen LogP contribution in [0.2, 0.25) is 0 Å². The van der Waals surface area contributed by atoms with E-state index >= 15 is 0 Å². The Morgan fingerprint density at radius 3 is 3.21 bits per heavy atom. The van der Waals surface area contributed by atoms with E-state index in [2.05, 4.69) is 4.98 Å². The van der Waals surface area contributed by atoms with Crippen molar-refractivity contribution in [3.63, 3.8) is 0 Å². The molecule has 0 bridgehead atoms. The summed E-state index contributed by atoms with van der Waals surface area (Å²) in [6.45, 7) is 0. The second-order valence-electron chi connectivity index (χ2n) is 3.98. The molecule has 1 aromatic rings. The van der Waals surface area contributed by atoms with Gasteiger partial charge in [-0.1, -0.05) is 6.42 Å². The van der Waals surface area contributed by atoms with Gasteiger partial charge < -0.3 is 0 Å². The second kappa shape index (κ2) is 4.69. The lowest BCUT2D eigenvalue weighted by Crippen LogP contribution is -2.07. The van der Waals surface area contributed by atoms with Gasteiger partial charge in [-0.15, -0.1) is 11.3 Å². The number of nitrogens with zero attached hydrogens (tertiary/aromatic N) is 1. The number of ketones is 1. The van der Waals surface area contributed by atoms with Crippen LogP contribution in [0.3, 0.4) is 0 Å². The molecule has 0 N–H and O–H groups in total. The van der Waals surface area contributed by atoms with Crippen molar-refractivity contribution in [1.29, 1.82) is 0 Å². The Hall–Kier alpha value is -0.700. The summed E-state index contributed by atoms with van der Waals surface area (Å²) in [6, 6.07) is 0. The molecule has 2 nitrogen and oxygen atoms in total. The summed E-state index contributed by atoms with van der Waals surface area (Å²) in [5, 5.41) is 3.19. The minimum absolute atomic E-state index is 0.448. The standard InChI is InChI=1S/C11H15NOS/c13-10-4-2-1-3-9(7-10)8-11-12-5-6-14-11/h5-6,9H,1-4,7-8H2. The Balaban J connectivity index is 1.93. The topological polar surface area (TPSA) is 30.0 Å². The number of carbonyl (C=O) groups excluding carboxylic acids is 1. The van der Waals surface area contributed by atoms with Crippen LogP contribution >= 0.6 is 11.3 Å². The second-order valence-corrected chi connectivity index (χ2v) is 4.96. The molecule has 1 aliphatic carbocycles. The molecule has 0 saturated heterocycles. The van der Waals surface area contributed by atoms with E-state index in [1.807, 2.05) is 11.6 Å². The van der Waals surface area contributed by atoms with E-state index in [0.717, 1.165) is 25.7 Å². The number of aromatic nitrogens is 1. The normalized spacial score (nSPS) is 23.4. The molecular formula is C11H15NOS. The lowest BCUT2D eigenvalue weighted by molar-refractivity contribution is -0.119. The Morgan fingerprint density at radius 1 is 1.50 bits per heavy atom. The number of hydrogen-bond acceptors (Lipinski definition) is 3. The zero-order valence-electron chi connectivity index (χ0n) is 8.24. The van der Waals surface area contributed by atoms with E-state index in [-0.39, 0.29) is 0 Å². The largest absolute Gasteiger partial charge is 0.300 e. The number of carbonyl (C=O) groups is 1. The van der Waals surface area contributed by atoms with Gasteiger partial charge in [0, 0.05) is 30.8 Å². The lowest BCUT2D eigenvalue weighted by Gasteiger charge is -2.10. The van der Waals surface area contributed by atoms with Crippen LogP contribution in [0.15, 0.2) is 11.6 Å². The maximum atomic E-state index is 11.4. The average Bonchev–Trinajstić information content (AvgIpc) is 2.56. The monoisotopic (exact) mass is 209 g/mol. The van der Waals surface area contributed by atoms with Crippen LogP contribution in [0.5, 0.6) is 0 Å². The third-order valence-electron chi connectivity index (χ3n) is 2.78. The highest BCUT2D eigenvalue weighted by atomic mass is 32.1. The van der Waals surface area contributed by atoms with Crippen molar-refractivity contribution in [3.8, 4) is 0 Å². The Bertz CT molecular complexity index is 294. The Kier molecular flexibility index (Phi) is 3.30. The van der Waals surface area contributed by atoms with Crippen molar-refractivity contribution >= 4 is 17.1 Å². The molecule has 0 radical (unpaired) electrons. The zero-order valence-corrected chi connectivity index (χ0v) is 9.05. The predicted molar refractivity (Wildman–Crippen MR) is 57.4 cm³/mol. The van der Waals surface area contributed by atoms with Crippen molar-refractivity contribution in [1.82, 2.24) is 4.98 Å². The quantitative estimate of drug-likeness (QED) is 0.701. The molecule has 3 heteroatoms. The maximum Gasteiger partial charge on any atom is 0.133 e. The number of Topliss-reactive ketones (excluding diaryl/α,β-unsaturated/α-hetero) is 1. The minimum atomic E-state index is 0.448. The van der Waals surface area contributed by atoms with Crippen LogP contribution < -0.4 is 0 Å². The summed E-state index contributed by atoms with van der Waals surface area (Å²) in [6.07, 6.45) is 7.93. The molecule has 1 fully saturated rings. The van der Waals surface area contributed by atoms with Crippen LogP contribution in [-0.4, -0.2) is 10.8 Å². The third-order valence-corrected chi connectivity index (χ3v) is 3.58. The number of hydrogen-bond donors (Lipinski definition) is 0. The molecule has 0 amide bonds. The van der Waals surface area contributed by atoms with Crippen LogP contribution in [0.1, 0.15) is 37.1 Å². The highest BCUT2D eigenvalue weighted by molar-refractivity contribution is 7.09. The molecule has 0 aromatic carbocycles. The third kappa shape index (κ3) is 2.64. The predicted octanol–water partition coefficient (Wildman–Crippen LogP) is 2.84.